The molecule has 2 aromatic rings. The Morgan fingerprint density at radius 2 is 1.71 bits per heavy atom. The highest BCUT2D eigenvalue weighted by molar-refractivity contribution is 7.90. The van der Waals surface area contributed by atoms with Crippen molar-refractivity contribution in [2.75, 3.05) is 32.6 Å². The fourth-order valence-corrected chi connectivity index (χ4v) is 3.87. The molecule has 1 saturated heterocycles. The fraction of sp³-hybridized carbons (Fsp3) is 0.500. The van der Waals surface area contributed by atoms with Gasteiger partial charge < -0.3 is 14.4 Å². The number of hydrogen-bond donors (Lipinski definition) is 0. The fourth-order valence-electron chi connectivity index (χ4n) is 3.24. The topological polar surface area (TPSA) is 98.7 Å². The van der Waals surface area contributed by atoms with Crippen LogP contribution in [0, 0.1) is 11.8 Å². The highest BCUT2D eigenvalue weighted by Gasteiger charge is 2.24. The maximum absolute atomic E-state index is 12.0. The molecule has 9 heteroatoms. The number of aromatic nitrogens is 2. The molecule has 8 nitrogen and oxygen atoms in total. The van der Waals surface area contributed by atoms with E-state index in [1.807, 2.05) is 13.8 Å². The van der Waals surface area contributed by atoms with Gasteiger partial charge in [0.05, 0.1) is 18.1 Å². The zero-order valence-corrected chi connectivity index (χ0v) is 19.0. The lowest BCUT2D eigenvalue weighted by Gasteiger charge is -2.31. The second-order valence-electron chi connectivity index (χ2n) is 8.26. The van der Waals surface area contributed by atoms with E-state index in [0.717, 1.165) is 24.0 Å². The van der Waals surface area contributed by atoms with Gasteiger partial charge in [0.1, 0.15) is 0 Å². The largest absolute Gasteiger partial charge is 0.463 e. The minimum absolute atomic E-state index is 0.239. The van der Waals surface area contributed by atoms with Crippen LogP contribution in [0.5, 0.6) is 6.01 Å². The van der Waals surface area contributed by atoms with Crippen LogP contribution in [-0.4, -0.2) is 61.9 Å². The molecule has 0 radical (unpaired) electrons. The van der Waals surface area contributed by atoms with Gasteiger partial charge in [-0.1, -0.05) is 26.0 Å². The number of sulfone groups is 1. The summed E-state index contributed by atoms with van der Waals surface area (Å²) in [5.41, 5.74) is 1.61. The molecule has 0 bridgehead atoms. The zero-order chi connectivity index (χ0) is 22.4. The maximum Gasteiger partial charge on any atom is 0.409 e. The van der Waals surface area contributed by atoms with Crippen LogP contribution in [0.4, 0.5) is 4.79 Å². The van der Waals surface area contributed by atoms with Gasteiger partial charge in [0.2, 0.25) is 0 Å². The number of benzene rings is 1. The van der Waals surface area contributed by atoms with E-state index in [4.69, 9.17) is 9.47 Å². The van der Waals surface area contributed by atoms with Crippen LogP contribution in [0.1, 0.15) is 26.7 Å². The second-order valence-corrected chi connectivity index (χ2v) is 10.3. The Hall–Kier alpha value is -2.68. The summed E-state index contributed by atoms with van der Waals surface area (Å²) in [6, 6.07) is 6.90. The zero-order valence-electron chi connectivity index (χ0n) is 18.2. The molecule has 1 fully saturated rings. The quantitative estimate of drug-likeness (QED) is 0.641. The minimum Gasteiger partial charge on any atom is -0.463 e. The summed E-state index contributed by atoms with van der Waals surface area (Å²) < 4.78 is 34.2. The van der Waals surface area contributed by atoms with Gasteiger partial charge in [-0.3, -0.25) is 0 Å². The van der Waals surface area contributed by atoms with Crippen molar-refractivity contribution in [3.63, 3.8) is 0 Å². The van der Waals surface area contributed by atoms with Gasteiger partial charge in [-0.05, 0) is 42.4 Å². The molecule has 3 rings (SSSR count). The van der Waals surface area contributed by atoms with Crippen molar-refractivity contribution < 1.29 is 22.7 Å². The highest BCUT2D eigenvalue weighted by atomic mass is 32.2. The summed E-state index contributed by atoms with van der Waals surface area (Å²) in [5.74, 6) is 0.661. The third-order valence-corrected chi connectivity index (χ3v) is 6.23. The Bertz CT molecular complexity index is 967. The monoisotopic (exact) mass is 447 g/mol. The highest BCUT2D eigenvalue weighted by Crippen LogP contribution is 2.22. The number of nitrogens with zero attached hydrogens (tertiary/aromatic N) is 3. The lowest BCUT2D eigenvalue weighted by atomic mass is 9.98. The van der Waals surface area contributed by atoms with Gasteiger partial charge in [0.25, 0.3) is 0 Å². The first-order valence-corrected chi connectivity index (χ1v) is 12.3. The molecule has 0 saturated carbocycles. The summed E-state index contributed by atoms with van der Waals surface area (Å²) >= 11 is 0. The average Bonchev–Trinajstić information content (AvgIpc) is 2.76. The summed E-state index contributed by atoms with van der Waals surface area (Å²) in [6.07, 6.45) is 5.95. The molecule has 1 aliphatic heterocycles. The normalized spacial score (nSPS) is 15.2. The van der Waals surface area contributed by atoms with E-state index in [-0.39, 0.29) is 11.0 Å². The lowest BCUT2D eigenvalue weighted by Crippen LogP contribution is -2.40. The van der Waals surface area contributed by atoms with Crippen LogP contribution in [0.2, 0.25) is 0 Å². The minimum atomic E-state index is -3.22. The summed E-state index contributed by atoms with van der Waals surface area (Å²) in [6.45, 7) is 6.29. The van der Waals surface area contributed by atoms with Crippen LogP contribution in [0.3, 0.4) is 0 Å². The van der Waals surface area contributed by atoms with E-state index in [0.29, 0.717) is 44.1 Å². The number of ether oxygens (including phenoxy) is 2. The lowest BCUT2D eigenvalue weighted by molar-refractivity contribution is 0.0726. The van der Waals surface area contributed by atoms with Crippen molar-refractivity contribution in [2.24, 2.45) is 11.8 Å². The molecule has 1 amide bonds. The van der Waals surface area contributed by atoms with Crippen molar-refractivity contribution >= 4 is 15.9 Å². The number of amides is 1. The molecule has 168 valence electrons. The van der Waals surface area contributed by atoms with Gasteiger partial charge >= 0.3 is 12.1 Å². The first-order chi connectivity index (χ1) is 14.7. The van der Waals surface area contributed by atoms with E-state index in [9.17, 15) is 13.2 Å². The molecule has 1 aliphatic rings. The van der Waals surface area contributed by atoms with Crippen molar-refractivity contribution in [3.05, 3.63) is 36.7 Å². The number of likely N-dealkylation sites (tertiary alicyclic amines) is 1. The maximum atomic E-state index is 12.0. The Balaban J connectivity index is 1.46. The predicted molar refractivity (Wildman–Crippen MR) is 117 cm³/mol. The number of rotatable bonds is 7. The number of piperidine rings is 1. The molecular formula is C22H29N3O5S. The Kier molecular flexibility index (Phi) is 7.48. The number of carbonyl (C=O) groups excluding carboxylic acids is 1. The van der Waals surface area contributed by atoms with Crippen LogP contribution in [-0.2, 0) is 14.6 Å². The van der Waals surface area contributed by atoms with Gasteiger partial charge in [-0.15, -0.1) is 0 Å². The standard InChI is InChI=1S/C22H29N3O5S/c1-16(2)14-30-22(26)25-10-8-17(9-11-25)15-29-21-23-12-19(13-24-21)18-4-6-20(7-5-18)31(3,27)28/h4-7,12-13,16-17H,8-11,14-15H2,1-3H3. The van der Waals surface area contributed by atoms with Gasteiger partial charge in [-0.25, -0.2) is 23.2 Å². The number of hydrogen-bond acceptors (Lipinski definition) is 7. The van der Waals surface area contributed by atoms with E-state index in [2.05, 4.69) is 9.97 Å². The summed E-state index contributed by atoms with van der Waals surface area (Å²) in [5, 5.41) is 0. The molecule has 1 aromatic carbocycles. The Morgan fingerprint density at radius 3 is 2.26 bits per heavy atom. The smallest absolute Gasteiger partial charge is 0.409 e. The van der Waals surface area contributed by atoms with Crippen LogP contribution < -0.4 is 4.74 Å². The Labute approximate surface area is 183 Å². The molecule has 31 heavy (non-hydrogen) atoms. The first-order valence-electron chi connectivity index (χ1n) is 10.4. The van der Waals surface area contributed by atoms with Gasteiger partial charge in [0.15, 0.2) is 9.84 Å². The van der Waals surface area contributed by atoms with Crippen LogP contribution in [0.15, 0.2) is 41.6 Å². The predicted octanol–water partition coefficient (Wildman–Crippen LogP) is 3.43. The number of carbonyl (C=O) groups is 1. The molecule has 0 aliphatic carbocycles. The average molecular weight is 448 g/mol. The van der Waals surface area contributed by atoms with E-state index in [1.165, 1.54) is 6.26 Å². The van der Waals surface area contributed by atoms with Crippen molar-refractivity contribution in [2.45, 2.75) is 31.6 Å². The van der Waals surface area contributed by atoms with E-state index < -0.39 is 9.84 Å². The SMILES string of the molecule is CC(C)COC(=O)N1CCC(COc2ncc(-c3ccc(S(C)(=O)=O)cc3)cn2)CC1. The van der Waals surface area contributed by atoms with Crippen LogP contribution >= 0.6 is 0 Å². The Morgan fingerprint density at radius 1 is 1.10 bits per heavy atom. The van der Waals surface area contributed by atoms with E-state index >= 15 is 0 Å². The van der Waals surface area contributed by atoms with Crippen molar-refractivity contribution in [1.82, 2.24) is 14.9 Å². The molecule has 0 unspecified atom stereocenters. The van der Waals surface area contributed by atoms with Crippen molar-refractivity contribution in [1.29, 1.82) is 0 Å². The molecule has 2 heterocycles. The molecule has 0 N–H and O–H groups in total. The third kappa shape index (κ3) is 6.65. The van der Waals surface area contributed by atoms with E-state index in [1.54, 1.807) is 41.6 Å². The summed E-state index contributed by atoms with van der Waals surface area (Å²) in [4.78, 5) is 22.6. The molecule has 0 spiro atoms. The second kappa shape index (κ2) is 10.1. The molecule has 1 aromatic heterocycles. The van der Waals surface area contributed by atoms with Crippen LogP contribution in [0.25, 0.3) is 11.1 Å². The van der Waals surface area contributed by atoms with Gasteiger partial charge in [0, 0.05) is 37.3 Å². The van der Waals surface area contributed by atoms with Crippen molar-refractivity contribution in [3.8, 4) is 17.1 Å². The first kappa shape index (κ1) is 23.0. The molecule has 0 atom stereocenters. The van der Waals surface area contributed by atoms with Gasteiger partial charge in [-0.2, -0.15) is 0 Å². The summed E-state index contributed by atoms with van der Waals surface area (Å²) in [7, 11) is -3.22. The molecular weight excluding hydrogens is 418 g/mol. The third-order valence-electron chi connectivity index (χ3n) is 5.10.